The molecule has 0 spiro atoms. The molecule has 1 aromatic carbocycles. The zero-order valence-corrected chi connectivity index (χ0v) is 11.6. The summed E-state index contributed by atoms with van der Waals surface area (Å²) in [5.74, 6) is 0.629. The standard InChI is InChI=1S/C15H21ClFN/c1-2-11-4-3-5-14(8-11)18-10-12-6-7-13(16)9-15(12)17/h6-7,9,11,14,18H,2-5,8,10H2,1H3. The molecule has 1 aliphatic carbocycles. The van der Waals surface area contributed by atoms with Crippen molar-refractivity contribution in [1.29, 1.82) is 0 Å². The third-order valence-electron chi connectivity index (χ3n) is 3.96. The maximum absolute atomic E-state index is 13.6. The second-order valence-electron chi connectivity index (χ2n) is 5.25. The molecule has 0 saturated heterocycles. The van der Waals surface area contributed by atoms with Crippen LogP contribution in [-0.2, 0) is 6.54 Å². The van der Waals surface area contributed by atoms with Gasteiger partial charge >= 0.3 is 0 Å². The smallest absolute Gasteiger partial charge is 0.129 e. The number of rotatable bonds is 4. The van der Waals surface area contributed by atoms with Crippen LogP contribution in [0.15, 0.2) is 18.2 Å². The minimum Gasteiger partial charge on any atom is -0.310 e. The molecule has 0 radical (unpaired) electrons. The second-order valence-corrected chi connectivity index (χ2v) is 5.69. The van der Waals surface area contributed by atoms with Gasteiger partial charge in [0.1, 0.15) is 5.82 Å². The van der Waals surface area contributed by atoms with Crippen LogP contribution in [-0.4, -0.2) is 6.04 Å². The van der Waals surface area contributed by atoms with Crippen molar-refractivity contribution in [2.24, 2.45) is 5.92 Å². The van der Waals surface area contributed by atoms with Crippen molar-refractivity contribution in [3.8, 4) is 0 Å². The van der Waals surface area contributed by atoms with Crippen molar-refractivity contribution in [3.63, 3.8) is 0 Å². The van der Waals surface area contributed by atoms with Crippen molar-refractivity contribution < 1.29 is 4.39 Å². The molecule has 1 aromatic rings. The first kappa shape index (κ1) is 13.8. The van der Waals surface area contributed by atoms with Crippen LogP contribution in [0.1, 0.15) is 44.6 Å². The summed E-state index contributed by atoms with van der Waals surface area (Å²) in [7, 11) is 0. The highest BCUT2D eigenvalue weighted by Gasteiger charge is 2.20. The summed E-state index contributed by atoms with van der Waals surface area (Å²) in [5, 5.41) is 3.94. The molecule has 1 fully saturated rings. The lowest BCUT2D eigenvalue weighted by Gasteiger charge is -2.29. The second kappa shape index (κ2) is 6.53. The molecule has 2 unspecified atom stereocenters. The van der Waals surface area contributed by atoms with Crippen LogP contribution in [0.4, 0.5) is 4.39 Å². The van der Waals surface area contributed by atoms with Gasteiger partial charge < -0.3 is 5.32 Å². The van der Waals surface area contributed by atoms with Gasteiger partial charge in [-0.3, -0.25) is 0 Å². The highest BCUT2D eigenvalue weighted by atomic mass is 35.5. The van der Waals surface area contributed by atoms with Gasteiger partial charge in [0.05, 0.1) is 0 Å². The molecule has 0 amide bonds. The highest BCUT2D eigenvalue weighted by Crippen LogP contribution is 2.26. The average Bonchev–Trinajstić information content (AvgIpc) is 2.38. The Labute approximate surface area is 114 Å². The summed E-state index contributed by atoms with van der Waals surface area (Å²) >= 11 is 5.74. The summed E-state index contributed by atoms with van der Waals surface area (Å²) in [5.41, 5.74) is 0.707. The Hall–Kier alpha value is -0.600. The summed E-state index contributed by atoms with van der Waals surface area (Å²) in [6.07, 6.45) is 6.34. The van der Waals surface area contributed by atoms with Gasteiger partial charge in [0.15, 0.2) is 0 Å². The van der Waals surface area contributed by atoms with E-state index in [0.717, 1.165) is 5.92 Å². The van der Waals surface area contributed by atoms with E-state index >= 15 is 0 Å². The maximum Gasteiger partial charge on any atom is 0.129 e. The largest absolute Gasteiger partial charge is 0.310 e. The number of nitrogens with one attached hydrogen (secondary N) is 1. The predicted molar refractivity (Wildman–Crippen MR) is 74.3 cm³/mol. The van der Waals surface area contributed by atoms with Crippen molar-refractivity contribution >= 4 is 11.6 Å². The summed E-state index contributed by atoms with van der Waals surface area (Å²) < 4.78 is 13.6. The van der Waals surface area contributed by atoms with E-state index in [9.17, 15) is 4.39 Å². The molecule has 0 heterocycles. The number of benzene rings is 1. The van der Waals surface area contributed by atoms with Crippen molar-refractivity contribution in [2.45, 2.75) is 51.6 Å². The van der Waals surface area contributed by atoms with Gasteiger partial charge in [-0.1, -0.05) is 43.9 Å². The maximum atomic E-state index is 13.6. The van der Waals surface area contributed by atoms with Gasteiger partial charge in [-0.2, -0.15) is 0 Å². The number of hydrogen-bond donors (Lipinski definition) is 1. The molecule has 3 heteroatoms. The van der Waals surface area contributed by atoms with Crippen LogP contribution < -0.4 is 5.32 Å². The van der Waals surface area contributed by atoms with E-state index < -0.39 is 0 Å². The van der Waals surface area contributed by atoms with E-state index in [1.807, 2.05) is 0 Å². The Bertz CT molecular complexity index is 394. The highest BCUT2D eigenvalue weighted by molar-refractivity contribution is 6.30. The number of hydrogen-bond acceptors (Lipinski definition) is 1. The molecule has 1 nitrogen and oxygen atoms in total. The average molecular weight is 270 g/mol. The molecule has 100 valence electrons. The molecule has 2 atom stereocenters. The molecular weight excluding hydrogens is 249 g/mol. The summed E-state index contributed by atoms with van der Waals surface area (Å²) in [6.45, 7) is 2.86. The minimum absolute atomic E-state index is 0.210. The first-order valence-corrected chi connectivity index (χ1v) is 7.24. The normalized spacial score (nSPS) is 24.2. The van der Waals surface area contributed by atoms with Gasteiger partial charge in [-0.05, 0) is 30.9 Å². The molecule has 18 heavy (non-hydrogen) atoms. The van der Waals surface area contributed by atoms with E-state index in [1.54, 1.807) is 12.1 Å². The molecular formula is C15H21ClFN. The van der Waals surface area contributed by atoms with Gasteiger partial charge in [-0.25, -0.2) is 4.39 Å². The minimum atomic E-state index is -0.210. The van der Waals surface area contributed by atoms with E-state index in [1.165, 1.54) is 38.2 Å². The lowest BCUT2D eigenvalue weighted by molar-refractivity contribution is 0.277. The Morgan fingerprint density at radius 1 is 1.39 bits per heavy atom. The Balaban J connectivity index is 1.87. The first-order valence-electron chi connectivity index (χ1n) is 6.86. The lowest BCUT2D eigenvalue weighted by atomic mass is 9.84. The number of halogens is 2. The van der Waals surface area contributed by atoms with Crippen molar-refractivity contribution in [1.82, 2.24) is 5.32 Å². The fourth-order valence-corrected chi connectivity index (χ4v) is 2.93. The topological polar surface area (TPSA) is 12.0 Å². The monoisotopic (exact) mass is 269 g/mol. The fraction of sp³-hybridized carbons (Fsp3) is 0.600. The third kappa shape index (κ3) is 3.69. The van der Waals surface area contributed by atoms with E-state index in [0.29, 0.717) is 23.2 Å². The van der Waals surface area contributed by atoms with E-state index in [4.69, 9.17) is 11.6 Å². The summed E-state index contributed by atoms with van der Waals surface area (Å²) in [4.78, 5) is 0. The Morgan fingerprint density at radius 2 is 2.22 bits per heavy atom. The first-order chi connectivity index (χ1) is 8.69. The third-order valence-corrected chi connectivity index (χ3v) is 4.19. The fourth-order valence-electron chi connectivity index (χ4n) is 2.77. The van der Waals surface area contributed by atoms with Gasteiger partial charge in [-0.15, -0.1) is 0 Å². The van der Waals surface area contributed by atoms with Gasteiger partial charge in [0.2, 0.25) is 0 Å². The van der Waals surface area contributed by atoms with Crippen LogP contribution in [0.3, 0.4) is 0 Å². The van der Waals surface area contributed by atoms with Crippen LogP contribution >= 0.6 is 11.6 Å². The Morgan fingerprint density at radius 3 is 2.94 bits per heavy atom. The van der Waals surface area contributed by atoms with Gasteiger partial charge in [0, 0.05) is 23.2 Å². The van der Waals surface area contributed by atoms with E-state index in [2.05, 4.69) is 12.2 Å². The molecule has 1 saturated carbocycles. The molecule has 0 bridgehead atoms. The van der Waals surface area contributed by atoms with Crippen LogP contribution in [0.5, 0.6) is 0 Å². The zero-order valence-electron chi connectivity index (χ0n) is 10.9. The van der Waals surface area contributed by atoms with E-state index in [-0.39, 0.29) is 5.82 Å². The SMILES string of the molecule is CCC1CCCC(NCc2ccc(Cl)cc2F)C1. The Kier molecular flexibility index (Phi) is 5.02. The summed E-state index contributed by atoms with van der Waals surface area (Å²) in [6, 6.07) is 5.44. The molecule has 0 aliphatic heterocycles. The molecule has 2 rings (SSSR count). The van der Waals surface area contributed by atoms with Crippen molar-refractivity contribution in [3.05, 3.63) is 34.6 Å². The van der Waals surface area contributed by atoms with Crippen LogP contribution in [0, 0.1) is 11.7 Å². The predicted octanol–water partition coefficient (Wildman–Crippen LogP) is 4.54. The quantitative estimate of drug-likeness (QED) is 0.846. The van der Waals surface area contributed by atoms with Crippen LogP contribution in [0.2, 0.25) is 5.02 Å². The molecule has 1 aliphatic rings. The lowest BCUT2D eigenvalue weighted by Crippen LogP contribution is -2.33. The molecule has 0 aromatic heterocycles. The van der Waals surface area contributed by atoms with Crippen LogP contribution in [0.25, 0.3) is 0 Å². The van der Waals surface area contributed by atoms with Gasteiger partial charge in [0.25, 0.3) is 0 Å². The zero-order chi connectivity index (χ0) is 13.0. The molecule has 1 N–H and O–H groups in total. The van der Waals surface area contributed by atoms with Crippen molar-refractivity contribution in [2.75, 3.05) is 0 Å².